The summed E-state index contributed by atoms with van der Waals surface area (Å²) in [7, 11) is 0. The van der Waals surface area contributed by atoms with Crippen LogP contribution in [0.1, 0.15) is 107 Å². The number of hydrogen-bond donors (Lipinski definition) is 15. The lowest BCUT2D eigenvalue weighted by molar-refractivity contribution is -0.406. The molecule has 15 N–H and O–H groups in total. The third kappa shape index (κ3) is 9.57. The van der Waals surface area contributed by atoms with Crippen molar-refractivity contribution in [3.05, 3.63) is 11.6 Å². The first-order valence-corrected chi connectivity index (χ1v) is 27.9. The van der Waals surface area contributed by atoms with Crippen LogP contribution < -0.4 is 0 Å². The van der Waals surface area contributed by atoms with Gasteiger partial charge in [0.2, 0.25) is 0 Å². The maximum atomic E-state index is 13.1. The Morgan fingerprint density at radius 2 is 1.13 bits per heavy atom. The Morgan fingerprint density at radius 1 is 0.577 bits per heavy atom. The highest BCUT2D eigenvalue weighted by atomic mass is 16.8. The zero-order valence-corrected chi connectivity index (χ0v) is 45.7. The summed E-state index contributed by atoms with van der Waals surface area (Å²) >= 11 is 0. The number of carboxylic acid groups (broad SMARTS) is 1. The molecule has 0 amide bonds. The van der Waals surface area contributed by atoms with Crippen molar-refractivity contribution in [2.45, 2.75) is 248 Å². The summed E-state index contributed by atoms with van der Waals surface area (Å²) in [6.07, 6.45) is -33.1. The lowest BCUT2D eigenvalue weighted by Gasteiger charge is -2.72. The molecule has 5 unspecified atom stereocenters. The van der Waals surface area contributed by atoms with Crippen molar-refractivity contribution >= 4 is 5.97 Å². The van der Waals surface area contributed by atoms with Gasteiger partial charge in [-0.3, -0.25) is 0 Å². The number of rotatable bonds is 12. The van der Waals surface area contributed by atoms with Gasteiger partial charge in [-0.1, -0.05) is 60.1 Å². The molecule has 24 heteroatoms. The Balaban J connectivity index is 1.05. The highest BCUT2D eigenvalue weighted by Gasteiger charge is 2.72. The number of ether oxygens (including phenoxy) is 8. The summed E-state index contributed by atoms with van der Waals surface area (Å²) in [6, 6.07) is 0. The standard InChI is InChI=1S/C54H88O24/c1-21-31(60)34(63)37(66)45(71-21)77-42-36(65)33(62)25(19-56)73-47(42)75-40-39(68)41(44(69)70)76-48(43(40)78-46-38(67)35(64)32(61)24(18-55)72-46)74-30-12-13-51(6)26(50(30,4)5)11-14-52(7)27(51)10-9-22-23-15-49(2,3)16-28(58)54(23,20-57)29(59)17-53(22,52)8/h9,21,23-43,45-48,55-68H,10-20H2,1-8H3,(H,69,70)/t21-,23-,24?,25+,26-,27+,28-,29+,30-,31-,32?,33-,34+,35?,36-,37+,38?,39-,40-,41-,42+,43+,45-,46?,47-,48+,51-,52+,53+,54+/m0/s1. The Bertz CT molecular complexity index is 2170. The number of hydrogen-bond acceptors (Lipinski definition) is 23. The van der Waals surface area contributed by atoms with E-state index in [0.717, 1.165) is 6.42 Å². The van der Waals surface area contributed by atoms with Crippen LogP contribution >= 0.6 is 0 Å². The van der Waals surface area contributed by atoms with Gasteiger partial charge in [-0.15, -0.1) is 0 Å². The van der Waals surface area contributed by atoms with Crippen molar-refractivity contribution in [2.24, 2.45) is 50.2 Å². The second kappa shape index (κ2) is 21.8. The minimum Gasteiger partial charge on any atom is -0.479 e. The SMILES string of the molecule is C[C@@H]1O[C@@H](O[C@H]2[C@H](O[C@H]3[C@H](O)[C@@H](C(=O)O)O[C@@H](O[C@H]4CC[C@]5(C)[C@H]6CC=C7[C@@H]8CC(C)(C)C[C@H](O)[C@]8(CO)[C@H](O)C[C@@]7(C)[C@]6(C)CC[C@H]5C4(C)C)[C@@H]3OC3OC(CO)C(O)C(O)C3O)O[C@H](CO)[C@H](O)[C@@H]2O)[C@H](O)[C@H](O)[C@H]1O. The fourth-order valence-corrected chi connectivity index (χ4v) is 16.8. The third-order valence-corrected chi connectivity index (χ3v) is 21.5. The summed E-state index contributed by atoms with van der Waals surface area (Å²) < 4.78 is 49.0. The molecule has 8 fully saturated rings. The van der Waals surface area contributed by atoms with Gasteiger partial charge < -0.3 is 114 Å². The van der Waals surface area contributed by atoms with Crippen molar-refractivity contribution in [3.63, 3.8) is 0 Å². The van der Waals surface area contributed by atoms with Gasteiger partial charge in [0.15, 0.2) is 31.3 Å². The number of aliphatic hydroxyl groups is 14. The lowest BCUT2D eigenvalue weighted by Crippen LogP contribution is -2.70. The molecule has 78 heavy (non-hydrogen) atoms. The van der Waals surface area contributed by atoms with Crippen LogP contribution in [-0.2, 0) is 42.7 Å². The molecule has 0 bridgehead atoms. The molecule has 0 spiro atoms. The van der Waals surface area contributed by atoms with E-state index >= 15 is 0 Å². The van der Waals surface area contributed by atoms with Gasteiger partial charge in [0.1, 0.15) is 85.5 Å². The van der Waals surface area contributed by atoms with Crippen LogP contribution in [0.5, 0.6) is 0 Å². The quantitative estimate of drug-likeness (QED) is 0.0709. The lowest BCUT2D eigenvalue weighted by atomic mass is 9.33. The van der Waals surface area contributed by atoms with E-state index < -0.39 is 177 Å². The molecule has 4 saturated heterocycles. The van der Waals surface area contributed by atoms with Crippen LogP contribution in [0.15, 0.2) is 11.6 Å². The van der Waals surface area contributed by atoms with Crippen molar-refractivity contribution < 1.29 is 119 Å². The van der Waals surface area contributed by atoms with Crippen molar-refractivity contribution in [1.29, 1.82) is 0 Å². The fourth-order valence-electron chi connectivity index (χ4n) is 16.8. The zero-order chi connectivity index (χ0) is 57.3. The molecular weight excluding hydrogens is 1030 g/mol. The van der Waals surface area contributed by atoms with E-state index in [-0.39, 0.29) is 40.6 Å². The van der Waals surface area contributed by atoms with E-state index in [9.17, 15) is 81.4 Å². The number of carbonyl (C=O) groups is 1. The van der Waals surface area contributed by atoms with Gasteiger partial charge in [-0.25, -0.2) is 4.79 Å². The van der Waals surface area contributed by atoms with E-state index in [4.69, 9.17) is 37.9 Å². The van der Waals surface area contributed by atoms with Gasteiger partial charge in [0, 0.05) is 0 Å². The summed E-state index contributed by atoms with van der Waals surface area (Å²) in [4.78, 5) is 13.1. The maximum absolute atomic E-state index is 13.1. The van der Waals surface area contributed by atoms with Crippen LogP contribution in [0.25, 0.3) is 0 Å². The molecular formula is C54H88O24. The normalized spacial score (nSPS) is 54.9. The zero-order valence-electron chi connectivity index (χ0n) is 45.7. The molecule has 9 rings (SSSR count). The van der Waals surface area contributed by atoms with Gasteiger partial charge in [0.05, 0.1) is 49.7 Å². The molecule has 4 heterocycles. The number of allylic oxidation sites excluding steroid dienone is 2. The van der Waals surface area contributed by atoms with Crippen molar-refractivity contribution in [3.8, 4) is 0 Å². The molecule has 0 radical (unpaired) electrons. The highest BCUT2D eigenvalue weighted by molar-refractivity contribution is 5.73. The number of fused-ring (bicyclic) bond motifs is 7. The van der Waals surface area contributed by atoms with Gasteiger partial charge >= 0.3 is 5.97 Å². The second-order valence-electron chi connectivity index (χ2n) is 26.6. The molecule has 4 saturated carbocycles. The summed E-state index contributed by atoms with van der Waals surface area (Å²) in [6.45, 7) is 14.4. The Kier molecular flexibility index (Phi) is 17.0. The van der Waals surface area contributed by atoms with Crippen molar-refractivity contribution in [1.82, 2.24) is 0 Å². The molecule has 9 aliphatic rings. The smallest absolute Gasteiger partial charge is 0.335 e. The maximum Gasteiger partial charge on any atom is 0.335 e. The summed E-state index contributed by atoms with van der Waals surface area (Å²) in [5.41, 5.74) is -2.05. The topological polar surface area (TPSA) is 394 Å². The average Bonchev–Trinajstić information content (AvgIpc) is 2.48. The molecule has 0 aromatic carbocycles. The summed E-state index contributed by atoms with van der Waals surface area (Å²) in [5.74, 6) is -1.91. The Morgan fingerprint density at radius 3 is 1.74 bits per heavy atom. The monoisotopic (exact) mass is 1120 g/mol. The van der Waals surface area contributed by atoms with Gasteiger partial charge in [0.25, 0.3) is 0 Å². The van der Waals surface area contributed by atoms with Crippen LogP contribution in [0.3, 0.4) is 0 Å². The van der Waals surface area contributed by atoms with E-state index in [1.807, 2.05) is 13.8 Å². The van der Waals surface area contributed by atoms with E-state index in [1.165, 1.54) is 12.5 Å². The number of carboxylic acids is 1. The predicted octanol–water partition coefficient (Wildman–Crippen LogP) is -2.50. The first kappa shape index (κ1) is 60.9. The predicted molar refractivity (Wildman–Crippen MR) is 265 cm³/mol. The van der Waals surface area contributed by atoms with Crippen LogP contribution in [0.4, 0.5) is 0 Å². The van der Waals surface area contributed by atoms with Crippen molar-refractivity contribution in [2.75, 3.05) is 19.8 Å². The first-order valence-electron chi connectivity index (χ1n) is 27.9. The van der Waals surface area contributed by atoms with Crippen LogP contribution in [0.2, 0.25) is 0 Å². The Labute approximate surface area is 453 Å². The highest BCUT2D eigenvalue weighted by Crippen LogP contribution is 2.76. The Hall–Kier alpha value is -1.67. The number of aliphatic carboxylic acids is 1. The molecule has 0 aromatic heterocycles. The average molecular weight is 1120 g/mol. The molecule has 4 aliphatic heterocycles. The first-order chi connectivity index (χ1) is 36.4. The number of aliphatic hydroxyl groups excluding tert-OH is 14. The molecule has 5 aliphatic carbocycles. The minimum absolute atomic E-state index is 0.0567. The van der Waals surface area contributed by atoms with Crippen LogP contribution in [-0.4, -0.2) is 244 Å². The minimum atomic E-state index is -2.25. The third-order valence-electron chi connectivity index (χ3n) is 21.5. The van der Waals surface area contributed by atoms with Gasteiger partial charge in [-0.05, 0) is 103 Å². The molecule has 448 valence electrons. The van der Waals surface area contributed by atoms with Gasteiger partial charge in [-0.2, -0.15) is 0 Å². The van der Waals surface area contributed by atoms with Crippen LogP contribution in [0, 0.1) is 50.2 Å². The second-order valence-corrected chi connectivity index (χ2v) is 26.6. The van der Waals surface area contributed by atoms with E-state index in [0.29, 0.717) is 44.9 Å². The molecule has 0 aromatic rings. The molecule has 24 nitrogen and oxygen atoms in total. The summed E-state index contributed by atoms with van der Waals surface area (Å²) in [5, 5.41) is 165. The molecule has 30 atom stereocenters. The largest absolute Gasteiger partial charge is 0.479 e. The van der Waals surface area contributed by atoms with E-state index in [2.05, 4.69) is 40.7 Å². The fraction of sp³-hybridized carbons (Fsp3) is 0.944. The van der Waals surface area contributed by atoms with E-state index in [1.54, 1.807) is 0 Å².